The van der Waals surface area contributed by atoms with Gasteiger partial charge in [-0.1, -0.05) is 26.1 Å². The molecule has 16 heavy (non-hydrogen) atoms. The number of hydrogen-bond donors (Lipinski definition) is 2. The van der Waals surface area contributed by atoms with Crippen molar-refractivity contribution < 1.29 is 0 Å². The van der Waals surface area contributed by atoms with Gasteiger partial charge in [-0.15, -0.1) is 0 Å². The molecule has 0 spiro atoms. The highest BCUT2D eigenvalue weighted by molar-refractivity contribution is 7.80. The summed E-state index contributed by atoms with van der Waals surface area (Å²) in [5.41, 5.74) is 8.85. The van der Waals surface area contributed by atoms with Gasteiger partial charge in [-0.25, -0.2) is 0 Å². The summed E-state index contributed by atoms with van der Waals surface area (Å²) in [7, 11) is 0. The van der Waals surface area contributed by atoms with Gasteiger partial charge >= 0.3 is 0 Å². The monoisotopic (exact) mass is 236 g/mol. The van der Waals surface area contributed by atoms with E-state index in [-0.39, 0.29) is 0 Å². The van der Waals surface area contributed by atoms with E-state index in [2.05, 4.69) is 33.0 Å². The first-order valence-corrected chi connectivity index (χ1v) is 5.99. The second-order valence-corrected chi connectivity index (χ2v) is 5.01. The number of nitrogens with two attached hydrogens (primary N) is 1. The molecule has 0 saturated heterocycles. The Labute approximate surface area is 103 Å². The van der Waals surface area contributed by atoms with Gasteiger partial charge in [0.25, 0.3) is 0 Å². The van der Waals surface area contributed by atoms with Crippen molar-refractivity contribution in [3.63, 3.8) is 0 Å². The zero-order chi connectivity index (χ0) is 12.3. The van der Waals surface area contributed by atoms with Crippen molar-refractivity contribution in [1.29, 1.82) is 0 Å². The predicted molar refractivity (Wildman–Crippen MR) is 75.0 cm³/mol. The van der Waals surface area contributed by atoms with Crippen LogP contribution in [-0.2, 0) is 0 Å². The van der Waals surface area contributed by atoms with Crippen LogP contribution < -0.4 is 11.1 Å². The summed E-state index contributed by atoms with van der Waals surface area (Å²) >= 11 is 4.95. The standard InChI is InChI=1S/C13H20N2S/c1-8(2)10(4)15-12-6-5-11(13(14)16)7-9(12)3/h5-8,10,15H,1-4H3,(H2,14,16). The van der Waals surface area contributed by atoms with Crippen molar-refractivity contribution in [2.75, 3.05) is 5.32 Å². The van der Waals surface area contributed by atoms with E-state index in [1.165, 1.54) is 5.56 Å². The molecular weight excluding hydrogens is 216 g/mol. The Morgan fingerprint density at radius 3 is 2.38 bits per heavy atom. The van der Waals surface area contributed by atoms with Crippen molar-refractivity contribution >= 4 is 22.9 Å². The lowest BCUT2D eigenvalue weighted by Crippen LogP contribution is -2.22. The number of rotatable bonds is 4. The van der Waals surface area contributed by atoms with Crippen LogP contribution in [-0.4, -0.2) is 11.0 Å². The fourth-order valence-electron chi connectivity index (χ4n) is 1.39. The molecule has 0 radical (unpaired) electrons. The van der Waals surface area contributed by atoms with E-state index in [4.69, 9.17) is 18.0 Å². The van der Waals surface area contributed by atoms with Crippen molar-refractivity contribution in [3.8, 4) is 0 Å². The van der Waals surface area contributed by atoms with Gasteiger partial charge in [-0.05, 0) is 43.5 Å². The molecule has 1 rings (SSSR count). The maximum atomic E-state index is 5.59. The Morgan fingerprint density at radius 1 is 1.31 bits per heavy atom. The summed E-state index contributed by atoms with van der Waals surface area (Å²) < 4.78 is 0. The average Bonchev–Trinajstić information content (AvgIpc) is 2.20. The molecule has 1 aromatic carbocycles. The summed E-state index contributed by atoms with van der Waals surface area (Å²) in [4.78, 5) is 0.451. The fraction of sp³-hybridized carbons (Fsp3) is 0.462. The third-order valence-corrected chi connectivity index (χ3v) is 3.13. The van der Waals surface area contributed by atoms with Crippen LogP contribution in [0.25, 0.3) is 0 Å². The van der Waals surface area contributed by atoms with Crippen LogP contribution in [0.2, 0.25) is 0 Å². The summed E-state index contributed by atoms with van der Waals surface area (Å²) in [6.07, 6.45) is 0. The quantitative estimate of drug-likeness (QED) is 0.789. The van der Waals surface area contributed by atoms with Crippen LogP contribution in [0.5, 0.6) is 0 Å². The molecule has 0 fully saturated rings. The lowest BCUT2D eigenvalue weighted by atomic mass is 10.0. The number of aryl methyl sites for hydroxylation is 1. The molecule has 0 bridgehead atoms. The molecule has 0 amide bonds. The summed E-state index contributed by atoms with van der Waals surface area (Å²) in [5.74, 6) is 0.606. The van der Waals surface area contributed by atoms with E-state index in [9.17, 15) is 0 Å². The average molecular weight is 236 g/mol. The smallest absolute Gasteiger partial charge is 0.103 e. The second kappa shape index (κ2) is 5.30. The van der Waals surface area contributed by atoms with E-state index >= 15 is 0 Å². The normalized spacial score (nSPS) is 12.6. The van der Waals surface area contributed by atoms with Gasteiger partial charge < -0.3 is 11.1 Å². The minimum absolute atomic E-state index is 0.451. The van der Waals surface area contributed by atoms with Gasteiger partial charge in [0.1, 0.15) is 4.99 Å². The first-order chi connectivity index (χ1) is 7.41. The maximum absolute atomic E-state index is 5.59. The third-order valence-electron chi connectivity index (χ3n) is 2.89. The highest BCUT2D eigenvalue weighted by atomic mass is 32.1. The van der Waals surface area contributed by atoms with Gasteiger partial charge in [0.2, 0.25) is 0 Å². The number of nitrogens with one attached hydrogen (secondary N) is 1. The van der Waals surface area contributed by atoms with Crippen LogP contribution in [0, 0.1) is 12.8 Å². The number of hydrogen-bond acceptors (Lipinski definition) is 2. The SMILES string of the molecule is Cc1cc(C(N)=S)ccc1NC(C)C(C)C. The highest BCUT2D eigenvalue weighted by Crippen LogP contribution is 2.19. The third kappa shape index (κ3) is 3.20. The Balaban J connectivity index is 2.87. The molecule has 0 aliphatic carbocycles. The Morgan fingerprint density at radius 2 is 1.94 bits per heavy atom. The van der Waals surface area contributed by atoms with E-state index < -0.39 is 0 Å². The predicted octanol–water partition coefficient (Wildman–Crippen LogP) is 3.09. The number of benzene rings is 1. The van der Waals surface area contributed by atoms with Crippen molar-refractivity contribution in [2.24, 2.45) is 11.7 Å². The highest BCUT2D eigenvalue weighted by Gasteiger charge is 2.08. The van der Waals surface area contributed by atoms with E-state index in [0.29, 0.717) is 16.9 Å². The Hall–Kier alpha value is -1.09. The van der Waals surface area contributed by atoms with Gasteiger partial charge in [0.05, 0.1) is 0 Å². The summed E-state index contributed by atoms with van der Waals surface area (Å²) in [6.45, 7) is 8.66. The second-order valence-electron chi connectivity index (χ2n) is 4.57. The Bertz CT molecular complexity index is 386. The molecule has 0 heterocycles. The molecular formula is C13H20N2S. The molecule has 1 atom stereocenters. The molecule has 1 aromatic rings. The molecule has 3 N–H and O–H groups in total. The molecule has 1 unspecified atom stereocenters. The minimum Gasteiger partial charge on any atom is -0.389 e. The van der Waals surface area contributed by atoms with Crippen LogP contribution in [0.1, 0.15) is 31.9 Å². The largest absolute Gasteiger partial charge is 0.389 e. The Kier molecular flexibility index (Phi) is 4.30. The lowest BCUT2D eigenvalue weighted by Gasteiger charge is -2.20. The van der Waals surface area contributed by atoms with E-state index in [0.717, 1.165) is 11.3 Å². The topological polar surface area (TPSA) is 38.0 Å². The van der Waals surface area contributed by atoms with Gasteiger partial charge in [-0.2, -0.15) is 0 Å². The van der Waals surface area contributed by atoms with E-state index in [1.54, 1.807) is 0 Å². The van der Waals surface area contributed by atoms with Crippen molar-refractivity contribution in [2.45, 2.75) is 33.7 Å². The first-order valence-electron chi connectivity index (χ1n) is 5.58. The van der Waals surface area contributed by atoms with Crippen LogP contribution >= 0.6 is 12.2 Å². The minimum atomic E-state index is 0.451. The van der Waals surface area contributed by atoms with Gasteiger partial charge in [0.15, 0.2) is 0 Å². The van der Waals surface area contributed by atoms with Crippen LogP contribution in [0.3, 0.4) is 0 Å². The molecule has 0 aromatic heterocycles. The molecule has 2 nitrogen and oxygen atoms in total. The maximum Gasteiger partial charge on any atom is 0.103 e. The fourth-order valence-corrected chi connectivity index (χ4v) is 1.52. The summed E-state index contributed by atoms with van der Waals surface area (Å²) in [5, 5.41) is 3.49. The molecule has 0 aliphatic rings. The van der Waals surface area contributed by atoms with Crippen LogP contribution in [0.4, 0.5) is 5.69 Å². The van der Waals surface area contributed by atoms with Gasteiger partial charge in [0, 0.05) is 17.3 Å². The molecule has 3 heteroatoms. The van der Waals surface area contributed by atoms with Crippen molar-refractivity contribution in [3.05, 3.63) is 29.3 Å². The molecule has 0 saturated carbocycles. The van der Waals surface area contributed by atoms with Crippen LogP contribution in [0.15, 0.2) is 18.2 Å². The molecule has 0 aliphatic heterocycles. The zero-order valence-electron chi connectivity index (χ0n) is 10.4. The van der Waals surface area contributed by atoms with E-state index in [1.807, 2.05) is 18.2 Å². The summed E-state index contributed by atoms with van der Waals surface area (Å²) in [6, 6.07) is 6.49. The lowest BCUT2D eigenvalue weighted by molar-refractivity contribution is 0.560. The van der Waals surface area contributed by atoms with Gasteiger partial charge in [-0.3, -0.25) is 0 Å². The first kappa shape index (κ1) is 13.0. The number of anilines is 1. The van der Waals surface area contributed by atoms with Crippen molar-refractivity contribution in [1.82, 2.24) is 0 Å². The zero-order valence-corrected chi connectivity index (χ0v) is 11.2. The molecule has 88 valence electrons. The number of thiocarbonyl (C=S) groups is 1.